The molecule has 0 aromatic rings. The molecule has 74 valence electrons. The van der Waals surface area contributed by atoms with E-state index in [-0.39, 0.29) is 0 Å². The fraction of sp³-hybridized carbons (Fsp3) is 0.889. The second-order valence-corrected chi connectivity index (χ2v) is 3.92. The quantitative estimate of drug-likeness (QED) is 0.667. The molecule has 0 spiro atoms. The van der Waals surface area contributed by atoms with E-state index in [2.05, 4.69) is 5.32 Å². The van der Waals surface area contributed by atoms with Crippen molar-refractivity contribution in [3.8, 4) is 0 Å². The third kappa shape index (κ3) is 1.84. The summed E-state index contributed by atoms with van der Waals surface area (Å²) in [5.41, 5.74) is -0.695. The molecule has 0 aromatic heterocycles. The molecule has 2 fully saturated rings. The first kappa shape index (κ1) is 8.97. The zero-order valence-corrected chi connectivity index (χ0v) is 7.58. The van der Waals surface area contributed by atoms with Crippen LogP contribution in [0.2, 0.25) is 0 Å². The maximum absolute atomic E-state index is 11.1. The minimum Gasteiger partial charge on any atom is -0.480 e. The highest BCUT2D eigenvalue weighted by atomic mass is 16.5. The van der Waals surface area contributed by atoms with E-state index in [1.807, 2.05) is 0 Å². The van der Waals surface area contributed by atoms with Crippen LogP contribution in [0.5, 0.6) is 0 Å². The lowest BCUT2D eigenvalue weighted by Crippen LogP contribution is -2.56. The van der Waals surface area contributed by atoms with Crippen molar-refractivity contribution in [2.75, 3.05) is 13.2 Å². The lowest BCUT2D eigenvalue weighted by atomic mass is 9.90. The van der Waals surface area contributed by atoms with E-state index in [4.69, 9.17) is 9.84 Å². The maximum atomic E-state index is 11.1. The van der Waals surface area contributed by atoms with Crippen molar-refractivity contribution < 1.29 is 14.6 Å². The Morgan fingerprint density at radius 3 is 2.46 bits per heavy atom. The van der Waals surface area contributed by atoms with E-state index in [9.17, 15) is 4.79 Å². The molecule has 1 saturated carbocycles. The van der Waals surface area contributed by atoms with Crippen LogP contribution in [0.3, 0.4) is 0 Å². The van der Waals surface area contributed by atoms with Gasteiger partial charge < -0.3 is 9.84 Å². The van der Waals surface area contributed by atoms with Crippen LogP contribution in [-0.4, -0.2) is 35.9 Å². The molecule has 0 aromatic carbocycles. The molecule has 2 rings (SSSR count). The number of carboxylic acids is 1. The summed E-state index contributed by atoms with van der Waals surface area (Å²) in [4.78, 5) is 11.1. The number of carboxylic acid groups (broad SMARTS) is 1. The van der Waals surface area contributed by atoms with Crippen LogP contribution in [0.4, 0.5) is 0 Å². The van der Waals surface area contributed by atoms with Crippen molar-refractivity contribution in [3.63, 3.8) is 0 Å². The molecular weight excluding hydrogens is 170 g/mol. The summed E-state index contributed by atoms with van der Waals surface area (Å²) in [7, 11) is 0. The van der Waals surface area contributed by atoms with Gasteiger partial charge in [0.05, 0.1) is 0 Å². The Kier molecular flexibility index (Phi) is 2.26. The smallest absolute Gasteiger partial charge is 0.324 e. The molecule has 4 heteroatoms. The molecule has 13 heavy (non-hydrogen) atoms. The number of hydrogen-bond donors (Lipinski definition) is 2. The second kappa shape index (κ2) is 3.27. The van der Waals surface area contributed by atoms with Gasteiger partial charge in [0.15, 0.2) is 0 Å². The first-order valence-corrected chi connectivity index (χ1v) is 4.82. The summed E-state index contributed by atoms with van der Waals surface area (Å²) >= 11 is 0. The minimum atomic E-state index is -0.720. The number of nitrogens with one attached hydrogen (secondary N) is 1. The van der Waals surface area contributed by atoms with Crippen LogP contribution in [0.25, 0.3) is 0 Å². The van der Waals surface area contributed by atoms with Crippen LogP contribution in [0.15, 0.2) is 0 Å². The van der Waals surface area contributed by atoms with Crippen molar-refractivity contribution in [1.29, 1.82) is 0 Å². The number of rotatable bonds is 3. The van der Waals surface area contributed by atoms with Gasteiger partial charge in [0.1, 0.15) is 5.54 Å². The first-order chi connectivity index (χ1) is 6.23. The summed E-state index contributed by atoms with van der Waals surface area (Å²) in [6, 6.07) is 0.439. The predicted octanol–water partition coefficient (Wildman–Crippen LogP) is 0.372. The molecule has 0 unspecified atom stereocenters. The molecule has 0 radical (unpaired) electrons. The molecule has 1 aliphatic heterocycles. The van der Waals surface area contributed by atoms with Crippen molar-refractivity contribution in [2.24, 2.45) is 0 Å². The van der Waals surface area contributed by atoms with Crippen LogP contribution in [0, 0.1) is 0 Å². The summed E-state index contributed by atoms with van der Waals surface area (Å²) < 4.78 is 5.17. The largest absolute Gasteiger partial charge is 0.480 e. The van der Waals surface area contributed by atoms with Gasteiger partial charge in [-0.1, -0.05) is 0 Å². The number of hydrogen-bond acceptors (Lipinski definition) is 3. The Bertz CT molecular complexity index is 207. The van der Waals surface area contributed by atoms with Gasteiger partial charge in [0.2, 0.25) is 0 Å². The van der Waals surface area contributed by atoms with E-state index in [0.717, 1.165) is 12.8 Å². The van der Waals surface area contributed by atoms with Crippen LogP contribution in [0.1, 0.15) is 25.7 Å². The van der Waals surface area contributed by atoms with Crippen LogP contribution >= 0.6 is 0 Å². The van der Waals surface area contributed by atoms with Gasteiger partial charge in [0.25, 0.3) is 0 Å². The van der Waals surface area contributed by atoms with E-state index < -0.39 is 11.5 Å². The molecule has 4 nitrogen and oxygen atoms in total. The lowest BCUT2D eigenvalue weighted by molar-refractivity contribution is -0.149. The molecule has 0 bridgehead atoms. The van der Waals surface area contributed by atoms with Crippen molar-refractivity contribution >= 4 is 5.97 Å². The van der Waals surface area contributed by atoms with Crippen molar-refractivity contribution in [2.45, 2.75) is 37.3 Å². The Balaban J connectivity index is 2.02. The summed E-state index contributed by atoms with van der Waals surface area (Å²) in [5, 5.41) is 12.4. The molecule has 1 saturated heterocycles. The van der Waals surface area contributed by atoms with Crippen molar-refractivity contribution in [3.05, 3.63) is 0 Å². The minimum absolute atomic E-state index is 0.439. The monoisotopic (exact) mass is 185 g/mol. The van der Waals surface area contributed by atoms with E-state index in [1.54, 1.807) is 0 Å². The van der Waals surface area contributed by atoms with Gasteiger partial charge in [-0.25, -0.2) is 0 Å². The fourth-order valence-corrected chi connectivity index (χ4v) is 1.76. The van der Waals surface area contributed by atoms with Crippen LogP contribution < -0.4 is 5.32 Å². The highest BCUT2D eigenvalue weighted by Crippen LogP contribution is 2.28. The van der Waals surface area contributed by atoms with Gasteiger partial charge in [0, 0.05) is 19.3 Å². The summed E-state index contributed by atoms with van der Waals surface area (Å²) in [6.45, 7) is 1.12. The van der Waals surface area contributed by atoms with Gasteiger partial charge in [-0.05, 0) is 25.7 Å². The topological polar surface area (TPSA) is 58.6 Å². The highest BCUT2D eigenvalue weighted by Gasteiger charge is 2.43. The maximum Gasteiger partial charge on any atom is 0.324 e. The van der Waals surface area contributed by atoms with E-state index >= 15 is 0 Å². The third-order valence-corrected chi connectivity index (χ3v) is 2.81. The summed E-state index contributed by atoms with van der Waals surface area (Å²) in [6.07, 6.45) is 3.43. The number of ether oxygens (including phenoxy) is 1. The Hall–Kier alpha value is -0.610. The highest BCUT2D eigenvalue weighted by molar-refractivity contribution is 5.79. The zero-order chi connectivity index (χ0) is 9.31. The molecule has 2 aliphatic rings. The van der Waals surface area contributed by atoms with Gasteiger partial charge in [-0.2, -0.15) is 0 Å². The zero-order valence-electron chi connectivity index (χ0n) is 7.58. The average molecular weight is 185 g/mol. The SMILES string of the molecule is O=C(O)C1(NC2CC2)CCOCC1. The van der Waals surface area contributed by atoms with Gasteiger partial charge >= 0.3 is 5.97 Å². The summed E-state index contributed by atoms with van der Waals surface area (Å²) in [5.74, 6) is -0.720. The molecule has 0 atom stereocenters. The predicted molar refractivity (Wildman–Crippen MR) is 46.6 cm³/mol. The van der Waals surface area contributed by atoms with Crippen LogP contribution in [-0.2, 0) is 9.53 Å². The van der Waals surface area contributed by atoms with Gasteiger partial charge in [-0.3, -0.25) is 10.1 Å². The van der Waals surface area contributed by atoms with E-state index in [1.165, 1.54) is 0 Å². The lowest BCUT2D eigenvalue weighted by Gasteiger charge is -2.34. The Morgan fingerprint density at radius 1 is 1.38 bits per heavy atom. The molecule has 0 amide bonds. The third-order valence-electron chi connectivity index (χ3n) is 2.81. The standard InChI is InChI=1S/C9H15NO3/c11-8(12)9(10-7-1-2-7)3-5-13-6-4-9/h7,10H,1-6H2,(H,11,12). The Morgan fingerprint density at radius 2 is 2.00 bits per heavy atom. The molecule has 2 N–H and O–H groups in total. The molecule has 1 aliphatic carbocycles. The average Bonchev–Trinajstić information content (AvgIpc) is 2.90. The normalized spacial score (nSPS) is 27.1. The van der Waals surface area contributed by atoms with Gasteiger partial charge in [-0.15, -0.1) is 0 Å². The molecular formula is C9H15NO3. The first-order valence-electron chi connectivity index (χ1n) is 4.82. The number of carbonyl (C=O) groups is 1. The van der Waals surface area contributed by atoms with Crippen molar-refractivity contribution in [1.82, 2.24) is 5.32 Å². The van der Waals surface area contributed by atoms with E-state index in [0.29, 0.717) is 32.1 Å². The second-order valence-electron chi connectivity index (χ2n) is 3.92. The molecule has 1 heterocycles. The fourth-order valence-electron chi connectivity index (χ4n) is 1.76. The Labute approximate surface area is 77.3 Å². The number of aliphatic carboxylic acids is 1.